The third kappa shape index (κ3) is 3.90. The van der Waals surface area contributed by atoms with Crippen molar-refractivity contribution in [2.24, 2.45) is 0 Å². The van der Waals surface area contributed by atoms with Crippen molar-refractivity contribution < 1.29 is 18.0 Å². The highest BCUT2D eigenvalue weighted by Gasteiger charge is 2.31. The molecule has 1 saturated carbocycles. The molecule has 1 aliphatic rings. The molecule has 0 spiro atoms. The van der Waals surface area contributed by atoms with Crippen molar-refractivity contribution in [1.82, 2.24) is 20.2 Å². The summed E-state index contributed by atoms with van der Waals surface area (Å²) in [6, 6.07) is 6.46. The van der Waals surface area contributed by atoms with Gasteiger partial charge in [0.1, 0.15) is 0 Å². The van der Waals surface area contributed by atoms with E-state index < -0.39 is 17.6 Å². The summed E-state index contributed by atoms with van der Waals surface area (Å²) in [5, 5.41) is 4.95. The fraction of sp³-hybridized carbons (Fsp3) is 0.350. The molecule has 1 aliphatic carbocycles. The van der Waals surface area contributed by atoms with Crippen molar-refractivity contribution in [2.45, 2.75) is 44.8 Å². The zero-order valence-corrected chi connectivity index (χ0v) is 15.9. The van der Waals surface area contributed by atoms with Crippen LogP contribution in [0.1, 0.15) is 60.3 Å². The molecule has 0 radical (unpaired) electrons. The van der Waals surface area contributed by atoms with E-state index in [4.69, 9.17) is 4.98 Å². The summed E-state index contributed by atoms with van der Waals surface area (Å²) in [4.78, 5) is 17.5. The molecule has 1 fully saturated rings. The molecule has 4 rings (SSSR count). The molecule has 6 nitrogen and oxygen atoms in total. The van der Waals surface area contributed by atoms with Crippen LogP contribution in [0.5, 0.6) is 0 Å². The first kappa shape index (κ1) is 19.2. The van der Waals surface area contributed by atoms with Crippen molar-refractivity contribution in [3.05, 3.63) is 53.3 Å². The summed E-state index contributed by atoms with van der Waals surface area (Å²) in [7, 11) is 0. The Morgan fingerprint density at radius 3 is 2.66 bits per heavy atom. The molecule has 2 aromatic heterocycles. The van der Waals surface area contributed by atoms with E-state index in [1.807, 2.05) is 13.8 Å². The zero-order valence-electron chi connectivity index (χ0n) is 15.9. The van der Waals surface area contributed by atoms with Gasteiger partial charge in [-0.25, -0.2) is 9.67 Å². The first-order chi connectivity index (χ1) is 13.7. The number of alkyl halides is 3. The molecule has 3 aromatic rings. The van der Waals surface area contributed by atoms with Crippen LogP contribution in [0.2, 0.25) is 0 Å². The normalized spacial score (nSPS) is 14.4. The monoisotopic (exact) mass is 403 g/mol. The Balaban J connectivity index is 1.62. The van der Waals surface area contributed by atoms with E-state index in [1.165, 1.54) is 12.1 Å². The van der Waals surface area contributed by atoms with Crippen molar-refractivity contribution in [1.29, 1.82) is 0 Å². The lowest BCUT2D eigenvalue weighted by molar-refractivity contribution is -0.137. The maximum absolute atomic E-state index is 12.9. The molecule has 152 valence electrons. The Morgan fingerprint density at radius 2 is 2.00 bits per heavy atom. The quantitative estimate of drug-likeness (QED) is 0.608. The van der Waals surface area contributed by atoms with E-state index in [9.17, 15) is 18.0 Å². The second-order valence-electron chi connectivity index (χ2n) is 7.45. The van der Waals surface area contributed by atoms with Gasteiger partial charge in [-0.2, -0.15) is 18.3 Å². The van der Waals surface area contributed by atoms with Crippen LogP contribution in [0, 0.1) is 0 Å². The van der Waals surface area contributed by atoms with Crippen molar-refractivity contribution in [3.63, 3.8) is 0 Å². The van der Waals surface area contributed by atoms with E-state index in [0.29, 0.717) is 22.5 Å². The summed E-state index contributed by atoms with van der Waals surface area (Å²) >= 11 is 0. The maximum Gasteiger partial charge on any atom is 0.416 e. The molecule has 9 heteroatoms. The number of fused-ring (bicyclic) bond motifs is 1. The van der Waals surface area contributed by atoms with Crippen LogP contribution in [0.3, 0.4) is 0 Å². The minimum Gasteiger partial charge on any atom is -0.298 e. The van der Waals surface area contributed by atoms with Crippen molar-refractivity contribution in [2.75, 3.05) is 5.43 Å². The van der Waals surface area contributed by atoms with E-state index in [2.05, 4.69) is 16.0 Å². The predicted octanol–water partition coefficient (Wildman–Crippen LogP) is 4.67. The highest BCUT2D eigenvalue weighted by Crippen LogP contribution is 2.40. The van der Waals surface area contributed by atoms with Gasteiger partial charge in [0.15, 0.2) is 5.65 Å². The highest BCUT2D eigenvalue weighted by molar-refractivity contribution is 6.06. The Bertz CT molecular complexity index is 1070. The second-order valence-corrected chi connectivity index (χ2v) is 7.45. The van der Waals surface area contributed by atoms with Gasteiger partial charge in [0, 0.05) is 17.7 Å². The maximum atomic E-state index is 12.9. The lowest BCUT2D eigenvalue weighted by Gasteiger charge is -2.13. The van der Waals surface area contributed by atoms with Gasteiger partial charge in [-0.3, -0.25) is 15.6 Å². The number of halogens is 3. The Labute approximate surface area is 165 Å². The van der Waals surface area contributed by atoms with Crippen molar-refractivity contribution in [3.8, 4) is 0 Å². The van der Waals surface area contributed by atoms with E-state index >= 15 is 0 Å². The summed E-state index contributed by atoms with van der Waals surface area (Å²) < 4.78 is 40.4. The summed E-state index contributed by atoms with van der Waals surface area (Å²) in [6.45, 7) is 3.96. The Kier molecular flexibility index (Phi) is 4.68. The number of aromatic nitrogens is 3. The molecule has 0 unspecified atom stereocenters. The van der Waals surface area contributed by atoms with Crippen LogP contribution < -0.4 is 10.9 Å². The standard InChI is InChI=1S/C20H20F3N5O/c1-11(2)28-18-16(10-24-28)15(9-17(25-18)12-6-7-12)19(29)27-26-14-5-3-4-13(8-14)20(21,22)23/h3-5,8-12,26H,6-7H2,1-2H3,(H,27,29). The van der Waals surface area contributed by atoms with Crippen LogP contribution >= 0.6 is 0 Å². The fourth-order valence-corrected chi connectivity index (χ4v) is 3.16. The number of hydrogen-bond acceptors (Lipinski definition) is 4. The molecule has 0 atom stereocenters. The molecule has 0 saturated heterocycles. The number of pyridine rings is 1. The molecule has 1 amide bonds. The van der Waals surface area contributed by atoms with Gasteiger partial charge < -0.3 is 0 Å². The molecule has 0 bridgehead atoms. The second kappa shape index (κ2) is 7.06. The van der Waals surface area contributed by atoms with Gasteiger partial charge in [-0.1, -0.05) is 6.07 Å². The molecular formula is C20H20F3N5O. The van der Waals surface area contributed by atoms with Gasteiger partial charge >= 0.3 is 6.18 Å². The van der Waals surface area contributed by atoms with Crippen LogP contribution in [0.15, 0.2) is 36.5 Å². The lowest BCUT2D eigenvalue weighted by atomic mass is 10.1. The van der Waals surface area contributed by atoms with E-state index in [0.717, 1.165) is 30.7 Å². The van der Waals surface area contributed by atoms with Gasteiger partial charge in [0.25, 0.3) is 5.91 Å². The number of nitrogens with one attached hydrogen (secondary N) is 2. The summed E-state index contributed by atoms with van der Waals surface area (Å²) in [6.07, 6.45) is -0.808. The number of benzene rings is 1. The SMILES string of the molecule is CC(C)n1ncc2c(C(=O)NNc3cccc(C(F)(F)F)c3)cc(C3CC3)nc21. The first-order valence-corrected chi connectivity index (χ1v) is 9.36. The Hall–Kier alpha value is -3.10. The zero-order chi connectivity index (χ0) is 20.8. The van der Waals surface area contributed by atoms with Crippen LogP contribution in [-0.2, 0) is 6.18 Å². The Morgan fingerprint density at radius 1 is 1.24 bits per heavy atom. The minimum absolute atomic E-state index is 0.0774. The fourth-order valence-electron chi connectivity index (χ4n) is 3.16. The third-order valence-corrected chi connectivity index (χ3v) is 4.83. The third-order valence-electron chi connectivity index (χ3n) is 4.83. The van der Waals surface area contributed by atoms with Crippen molar-refractivity contribution >= 4 is 22.6 Å². The lowest BCUT2D eigenvalue weighted by Crippen LogP contribution is -2.29. The van der Waals surface area contributed by atoms with Crippen LogP contribution in [0.4, 0.5) is 18.9 Å². The van der Waals surface area contributed by atoms with Crippen LogP contribution in [-0.4, -0.2) is 20.7 Å². The topological polar surface area (TPSA) is 71.8 Å². The largest absolute Gasteiger partial charge is 0.416 e. The number of hydrogen-bond donors (Lipinski definition) is 2. The molecular weight excluding hydrogens is 383 g/mol. The number of nitrogens with zero attached hydrogens (tertiary/aromatic N) is 3. The highest BCUT2D eigenvalue weighted by atomic mass is 19.4. The first-order valence-electron chi connectivity index (χ1n) is 9.36. The number of carbonyl (C=O) groups excluding carboxylic acids is 1. The molecule has 2 N–H and O–H groups in total. The molecule has 29 heavy (non-hydrogen) atoms. The van der Waals surface area contributed by atoms with Gasteiger partial charge in [0.05, 0.1) is 28.4 Å². The number of carbonyl (C=O) groups is 1. The number of rotatable bonds is 5. The van der Waals surface area contributed by atoms with E-state index in [1.54, 1.807) is 16.9 Å². The predicted molar refractivity (Wildman–Crippen MR) is 102 cm³/mol. The number of anilines is 1. The smallest absolute Gasteiger partial charge is 0.298 e. The summed E-state index contributed by atoms with van der Waals surface area (Å²) in [5.41, 5.74) is 6.26. The summed E-state index contributed by atoms with van der Waals surface area (Å²) in [5.74, 6) is -0.127. The van der Waals surface area contributed by atoms with E-state index in [-0.39, 0.29) is 11.7 Å². The molecule has 1 aromatic carbocycles. The number of amides is 1. The number of hydrazine groups is 1. The average Bonchev–Trinajstić information content (AvgIpc) is 3.43. The molecule has 0 aliphatic heterocycles. The van der Waals surface area contributed by atoms with Gasteiger partial charge in [-0.15, -0.1) is 0 Å². The van der Waals surface area contributed by atoms with Gasteiger partial charge in [0.2, 0.25) is 0 Å². The average molecular weight is 403 g/mol. The van der Waals surface area contributed by atoms with Crippen LogP contribution in [0.25, 0.3) is 11.0 Å². The minimum atomic E-state index is -4.45. The van der Waals surface area contributed by atoms with Gasteiger partial charge in [-0.05, 0) is 51.0 Å². The molecule has 2 heterocycles.